The van der Waals surface area contributed by atoms with Crippen molar-refractivity contribution in [3.63, 3.8) is 0 Å². The molecule has 1 aromatic carbocycles. The quantitative estimate of drug-likeness (QED) is 0.809. The molecule has 0 saturated heterocycles. The molecule has 3 N–H and O–H groups in total. The van der Waals surface area contributed by atoms with Crippen molar-refractivity contribution in [2.75, 3.05) is 10.6 Å². The molecule has 1 heterocycles. The number of hydrogen-bond donors (Lipinski definition) is 3. The largest absolute Gasteiger partial charge is 0.416 e. The number of anilines is 2. The van der Waals surface area contributed by atoms with E-state index >= 15 is 0 Å². The molecule has 2 rings (SSSR count). The number of carbonyl (C=O) groups is 1. The van der Waals surface area contributed by atoms with E-state index in [1.807, 2.05) is 6.92 Å². The van der Waals surface area contributed by atoms with Gasteiger partial charge in [-0.3, -0.25) is 10.4 Å². The molecule has 21 heavy (non-hydrogen) atoms. The van der Waals surface area contributed by atoms with Crippen molar-refractivity contribution in [2.45, 2.75) is 19.5 Å². The van der Waals surface area contributed by atoms with Crippen LogP contribution in [0.4, 0.5) is 29.5 Å². The van der Waals surface area contributed by atoms with E-state index in [0.29, 0.717) is 5.82 Å². The van der Waals surface area contributed by atoms with E-state index in [4.69, 9.17) is 0 Å². The molecule has 8 heteroatoms. The Kier molecular flexibility index (Phi) is 4.15. The molecule has 0 bridgehead atoms. The summed E-state index contributed by atoms with van der Waals surface area (Å²) in [5, 5.41) is 11.5. The maximum Gasteiger partial charge on any atom is 0.416 e. The zero-order valence-electron chi connectivity index (χ0n) is 11.1. The lowest BCUT2D eigenvalue weighted by atomic mass is 10.2. The number of rotatable bonds is 3. The highest BCUT2D eigenvalue weighted by Gasteiger charge is 2.29. The van der Waals surface area contributed by atoms with Crippen LogP contribution in [0.3, 0.4) is 0 Å². The highest BCUT2D eigenvalue weighted by atomic mass is 19.4. The van der Waals surface area contributed by atoms with Crippen molar-refractivity contribution in [2.24, 2.45) is 0 Å². The number of alkyl halides is 3. The van der Waals surface area contributed by atoms with Crippen LogP contribution in [0.1, 0.15) is 18.2 Å². The molecule has 0 atom stereocenters. The number of urea groups is 1. The van der Waals surface area contributed by atoms with Crippen LogP contribution in [0, 0.1) is 0 Å². The lowest BCUT2D eigenvalue weighted by molar-refractivity contribution is -0.137. The average molecular weight is 298 g/mol. The molecule has 0 saturated carbocycles. The normalized spacial score (nSPS) is 11.2. The summed E-state index contributed by atoms with van der Waals surface area (Å²) in [7, 11) is 0. The minimum Gasteiger partial charge on any atom is -0.308 e. The highest BCUT2D eigenvalue weighted by molar-refractivity contribution is 5.99. The van der Waals surface area contributed by atoms with Gasteiger partial charge >= 0.3 is 12.2 Å². The Bertz CT molecular complexity index is 619. The van der Waals surface area contributed by atoms with E-state index < -0.39 is 17.8 Å². The Morgan fingerprint density at radius 2 is 1.90 bits per heavy atom. The summed E-state index contributed by atoms with van der Waals surface area (Å²) in [6, 6.07) is 5.27. The Hall–Kier alpha value is -2.51. The van der Waals surface area contributed by atoms with Gasteiger partial charge in [-0.25, -0.2) is 4.79 Å². The van der Waals surface area contributed by atoms with Crippen molar-refractivity contribution in [1.82, 2.24) is 10.2 Å². The SMILES string of the molecule is CCc1cc(NC(=O)Nc2ccc(C(F)(F)F)cc2)n[nH]1. The van der Waals surface area contributed by atoms with E-state index in [9.17, 15) is 18.0 Å². The van der Waals surface area contributed by atoms with Crippen LogP contribution in [0.5, 0.6) is 0 Å². The number of aryl methyl sites for hydroxylation is 1. The fourth-order valence-electron chi connectivity index (χ4n) is 1.63. The van der Waals surface area contributed by atoms with Gasteiger partial charge in [0.2, 0.25) is 0 Å². The third kappa shape index (κ3) is 3.98. The number of benzene rings is 1. The number of H-pyrrole nitrogens is 1. The van der Waals surface area contributed by atoms with E-state index in [1.165, 1.54) is 12.1 Å². The Morgan fingerprint density at radius 3 is 2.43 bits per heavy atom. The summed E-state index contributed by atoms with van der Waals surface area (Å²) in [6.07, 6.45) is -3.65. The molecule has 0 aliphatic heterocycles. The minimum atomic E-state index is -4.40. The number of nitrogens with one attached hydrogen (secondary N) is 3. The van der Waals surface area contributed by atoms with Gasteiger partial charge in [-0.2, -0.15) is 18.3 Å². The summed E-state index contributed by atoms with van der Waals surface area (Å²) < 4.78 is 37.2. The van der Waals surface area contributed by atoms with Gasteiger partial charge < -0.3 is 5.32 Å². The van der Waals surface area contributed by atoms with Gasteiger partial charge in [0.05, 0.1) is 5.56 Å². The fourth-order valence-corrected chi connectivity index (χ4v) is 1.63. The van der Waals surface area contributed by atoms with Crippen LogP contribution in [-0.4, -0.2) is 16.2 Å². The summed E-state index contributed by atoms with van der Waals surface area (Å²) in [4.78, 5) is 11.7. The van der Waals surface area contributed by atoms with E-state index in [2.05, 4.69) is 20.8 Å². The molecule has 0 unspecified atom stereocenters. The van der Waals surface area contributed by atoms with Crippen molar-refractivity contribution >= 4 is 17.5 Å². The van der Waals surface area contributed by atoms with Gasteiger partial charge in [0, 0.05) is 17.4 Å². The van der Waals surface area contributed by atoms with E-state index in [-0.39, 0.29) is 5.69 Å². The van der Waals surface area contributed by atoms with E-state index in [0.717, 1.165) is 24.2 Å². The zero-order chi connectivity index (χ0) is 15.5. The molecular formula is C13H13F3N4O. The smallest absolute Gasteiger partial charge is 0.308 e. The molecule has 112 valence electrons. The standard InChI is InChI=1S/C13H13F3N4O/c1-2-9-7-11(20-19-9)18-12(21)17-10-5-3-8(4-6-10)13(14,15)16/h3-7H,2H2,1H3,(H3,17,18,19,20,21). The number of aromatic amines is 1. The first-order valence-corrected chi connectivity index (χ1v) is 6.18. The third-order valence-corrected chi connectivity index (χ3v) is 2.72. The first-order valence-electron chi connectivity index (χ1n) is 6.18. The average Bonchev–Trinajstić information content (AvgIpc) is 2.85. The maximum absolute atomic E-state index is 12.4. The van der Waals surface area contributed by atoms with Crippen LogP contribution in [-0.2, 0) is 12.6 Å². The zero-order valence-corrected chi connectivity index (χ0v) is 11.1. The van der Waals surface area contributed by atoms with Crippen LogP contribution >= 0.6 is 0 Å². The number of nitrogens with zero attached hydrogens (tertiary/aromatic N) is 1. The summed E-state index contributed by atoms with van der Waals surface area (Å²) in [5.41, 5.74) is 0.347. The number of halogens is 3. The first-order chi connectivity index (χ1) is 9.88. The number of amides is 2. The fraction of sp³-hybridized carbons (Fsp3) is 0.231. The molecule has 0 radical (unpaired) electrons. The topological polar surface area (TPSA) is 69.8 Å². The second-order valence-electron chi connectivity index (χ2n) is 4.29. The Labute approximate surface area is 118 Å². The van der Waals surface area contributed by atoms with Gasteiger partial charge in [-0.15, -0.1) is 0 Å². The Balaban J connectivity index is 1.96. The molecule has 2 amide bonds. The summed E-state index contributed by atoms with van der Waals surface area (Å²) >= 11 is 0. The second kappa shape index (κ2) is 5.86. The monoisotopic (exact) mass is 298 g/mol. The molecule has 0 aliphatic rings. The lowest BCUT2D eigenvalue weighted by Crippen LogP contribution is -2.19. The maximum atomic E-state index is 12.4. The molecule has 0 fully saturated rings. The minimum absolute atomic E-state index is 0.256. The summed E-state index contributed by atoms with van der Waals surface area (Å²) in [6.45, 7) is 1.93. The third-order valence-electron chi connectivity index (χ3n) is 2.72. The van der Waals surface area contributed by atoms with Crippen LogP contribution in [0.15, 0.2) is 30.3 Å². The second-order valence-corrected chi connectivity index (χ2v) is 4.29. The molecule has 0 aliphatic carbocycles. The molecule has 0 spiro atoms. The molecule has 5 nitrogen and oxygen atoms in total. The number of hydrogen-bond acceptors (Lipinski definition) is 2. The number of carbonyl (C=O) groups excluding carboxylic acids is 1. The van der Waals surface area contributed by atoms with Gasteiger partial charge in [0.15, 0.2) is 5.82 Å². The molecule has 1 aromatic heterocycles. The van der Waals surface area contributed by atoms with Crippen molar-refractivity contribution < 1.29 is 18.0 Å². The van der Waals surface area contributed by atoms with Gasteiger partial charge in [0.1, 0.15) is 0 Å². The predicted octanol–water partition coefficient (Wildman–Crippen LogP) is 3.63. The van der Waals surface area contributed by atoms with Crippen molar-refractivity contribution in [1.29, 1.82) is 0 Å². The number of aromatic nitrogens is 2. The van der Waals surface area contributed by atoms with Crippen LogP contribution < -0.4 is 10.6 Å². The van der Waals surface area contributed by atoms with Crippen molar-refractivity contribution in [3.05, 3.63) is 41.6 Å². The lowest BCUT2D eigenvalue weighted by Gasteiger charge is -2.08. The van der Waals surface area contributed by atoms with E-state index in [1.54, 1.807) is 6.07 Å². The first kappa shape index (κ1) is 14.9. The predicted molar refractivity (Wildman–Crippen MR) is 72.1 cm³/mol. The highest BCUT2D eigenvalue weighted by Crippen LogP contribution is 2.29. The molecular weight excluding hydrogens is 285 g/mol. The van der Waals surface area contributed by atoms with Gasteiger partial charge in [-0.1, -0.05) is 6.92 Å². The van der Waals surface area contributed by atoms with Gasteiger partial charge in [0.25, 0.3) is 0 Å². The van der Waals surface area contributed by atoms with Crippen LogP contribution in [0.2, 0.25) is 0 Å². The van der Waals surface area contributed by atoms with Crippen molar-refractivity contribution in [3.8, 4) is 0 Å². The van der Waals surface area contributed by atoms with Crippen LogP contribution in [0.25, 0.3) is 0 Å². The van der Waals surface area contributed by atoms with Gasteiger partial charge in [-0.05, 0) is 30.7 Å². The Morgan fingerprint density at radius 1 is 1.24 bits per heavy atom. The summed E-state index contributed by atoms with van der Waals surface area (Å²) in [5.74, 6) is 0.344. The molecule has 2 aromatic rings.